The molecule has 0 amide bonds. The summed E-state index contributed by atoms with van der Waals surface area (Å²) in [5.74, 6) is 0. The van der Waals surface area contributed by atoms with E-state index in [1.165, 1.54) is 16.3 Å². The van der Waals surface area contributed by atoms with Gasteiger partial charge in [-0.05, 0) is 38.7 Å². The van der Waals surface area contributed by atoms with Crippen LogP contribution in [-0.4, -0.2) is 20.5 Å². The van der Waals surface area contributed by atoms with Crippen LogP contribution in [0.1, 0.15) is 5.56 Å². The van der Waals surface area contributed by atoms with Crippen LogP contribution >= 0.6 is 15.9 Å². The van der Waals surface area contributed by atoms with Crippen LogP contribution < -0.4 is 0 Å². The number of benzene rings is 2. The predicted octanol–water partition coefficient (Wildman–Crippen LogP) is 3.77. The summed E-state index contributed by atoms with van der Waals surface area (Å²) < 4.78 is 11.3. The maximum atomic E-state index is 5.31. The van der Waals surface area contributed by atoms with E-state index in [9.17, 15) is 0 Å². The quantitative estimate of drug-likeness (QED) is 0.617. The van der Waals surface area contributed by atoms with E-state index in [2.05, 4.69) is 52.3 Å². The van der Waals surface area contributed by atoms with Crippen LogP contribution in [0.4, 0.5) is 0 Å². The van der Waals surface area contributed by atoms with Gasteiger partial charge in [-0.15, -0.1) is 0 Å². The van der Waals surface area contributed by atoms with Crippen LogP contribution in [0.3, 0.4) is 0 Å². The minimum Gasteiger partial charge on any atom is -0.359 e. The van der Waals surface area contributed by atoms with Gasteiger partial charge in [0.25, 0.3) is 0 Å². The average Bonchev–Trinajstić information content (AvgIpc) is 2.37. The van der Waals surface area contributed by atoms with Crippen LogP contribution in [0.5, 0.6) is 0 Å². The molecule has 0 atom stereocenters. The number of halogens is 1. The van der Waals surface area contributed by atoms with E-state index in [-0.39, 0.29) is 0 Å². The Kier molecular flexibility index (Phi) is 4.54. The zero-order valence-electron chi connectivity index (χ0n) is 9.78. The normalized spacial score (nSPS) is 10.9. The lowest BCUT2D eigenvalue weighted by atomic mass is 10.1. The zero-order chi connectivity index (χ0) is 12.1. The number of ether oxygens (including phenoxy) is 2. The monoisotopic (exact) mass is 294 g/mol. The lowest BCUT2D eigenvalue weighted by Gasteiger charge is -2.08. The van der Waals surface area contributed by atoms with Crippen molar-refractivity contribution in [1.82, 2.24) is 0 Å². The minimum absolute atomic E-state index is 0.352. The van der Waals surface area contributed by atoms with Crippen LogP contribution in [0, 0.1) is 0 Å². The van der Waals surface area contributed by atoms with Gasteiger partial charge in [0, 0.05) is 11.6 Å². The predicted molar refractivity (Wildman–Crippen MR) is 73.2 cm³/mol. The Labute approximate surface area is 110 Å². The molecule has 0 aliphatic carbocycles. The summed E-state index contributed by atoms with van der Waals surface area (Å²) in [6, 6.07) is 12.6. The number of hydrogen-bond acceptors (Lipinski definition) is 2. The van der Waals surface area contributed by atoms with E-state index in [0.29, 0.717) is 13.4 Å². The Balaban J connectivity index is 2.15. The van der Waals surface area contributed by atoms with Gasteiger partial charge in [0.15, 0.2) is 0 Å². The lowest BCUT2D eigenvalue weighted by molar-refractivity contribution is -0.0291. The maximum absolute atomic E-state index is 5.31. The summed E-state index contributed by atoms with van der Waals surface area (Å²) in [6.07, 6.45) is 0.884. The molecule has 3 heteroatoms. The molecule has 0 N–H and O–H groups in total. The summed E-state index contributed by atoms with van der Waals surface area (Å²) in [4.78, 5) is 0. The number of hydrogen-bond donors (Lipinski definition) is 0. The molecule has 0 heterocycles. The fourth-order valence-corrected chi connectivity index (χ4v) is 2.49. The van der Waals surface area contributed by atoms with E-state index in [1.807, 2.05) is 0 Å². The SMILES string of the molecule is COCOCCc1ccc2ccccc2c1Br. The molecule has 0 bridgehead atoms. The molecule has 0 aliphatic heterocycles. The highest BCUT2D eigenvalue weighted by Gasteiger charge is 2.04. The number of fused-ring (bicyclic) bond motifs is 1. The van der Waals surface area contributed by atoms with Crippen LogP contribution in [0.15, 0.2) is 40.9 Å². The van der Waals surface area contributed by atoms with Crippen LogP contribution in [0.2, 0.25) is 0 Å². The largest absolute Gasteiger partial charge is 0.359 e. The smallest absolute Gasteiger partial charge is 0.146 e. The molecule has 0 unspecified atom stereocenters. The van der Waals surface area contributed by atoms with E-state index >= 15 is 0 Å². The Hall–Kier alpha value is -0.900. The van der Waals surface area contributed by atoms with Gasteiger partial charge in [-0.25, -0.2) is 0 Å². The van der Waals surface area contributed by atoms with E-state index in [0.717, 1.165) is 10.9 Å². The van der Waals surface area contributed by atoms with Crippen molar-refractivity contribution in [2.45, 2.75) is 6.42 Å². The highest BCUT2D eigenvalue weighted by molar-refractivity contribution is 9.10. The Bertz CT molecular complexity index is 497. The third-order valence-corrected chi connectivity index (χ3v) is 3.60. The molecule has 0 radical (unpaired) electrons. The molecule has 2 aromatic carbocycles. The third kappa shape index (κ3) is 3.06. The molecule has 2 aromatic rings. The molecule has 0 fully saturated rings. The van der Waals surface area contributed by atoms with Crippen molar-refractivity contribution in [2.75, 3.05) is 20.5 Å². The second-order valence-electron chi connectivity index (χ2n) is 3.82. The van der Waals surface area contributed by atoms with Gasteiger partial charge in [0.1, 0.15) is 6.79 Å². The molecule has 0 saturated carbocycles. The summed E-state index contributed by atoms with van der Waals surface area (Å²) in [6.45, 7) is 1.02. The Morgan fingerprint density at radius 1 is 1.12 bits per heavy atom. The summed E-state index contributed by atoms with van der Waals surface area (Å²) in [7, 11) is 1.63. The van der Waals surface area contributed by atoms with Crippen molar-refractivity contribution >= 4 is 26.7 Å². The molecule has 0 aromatic heterocycles. The molecule has 0 saturated heterocycles. The maximum Gasteiger partial charge on any atom is 0.146 e. The van der Waals surface area contributed by atoms with Gasteiger partial charge in [-0.1, -0.05) is 36.4 Å². The summed E-state index contributed by atoms with van der Waals surface area (Å²) in [5, 5.41) is 2.50. The second kappa shape index (κ2) is 6.15. The molecule has 2 nitrogen and oxygen atoms in total. The van der Waals surface area contributed by atoms with Crippen molar-refractivity contribution in [3.05, 3.63) is 46.4 Å². The van der Waals surface area contributed by atoms with E-state index < -0.39 is 0 Å². The molecule has 90 valence electrons. The van der Waals surface area contributed by atoms with Crippen molar-refractivity contribution in [1.29, 1.82) is 0 Å². The van der Waals surface area contributed by atoms with Crippen molar-refractivity contribution in [2.24, 2.45) is 0 Å². The van der Waals surface area contributed by atoms with Crippen molar-refractivity contribution in [3.63, 3.8) is 0 Å². The highest BCUT2D eigenvalue weighted by atomic mass is 79.9. The number of rotatable bonds is 5. The van der Waals surface area contributed by atoms with Gasteiger partial charge < -0.3 is 9.47 Å². The molecular formula is C14H15BrO2. The first-order chi connectivity index (χ1) is 8.33. The topological polar surface area (TPSA) is 18.5 Å². The average molecular weight is 295 g/mol. The second-order valence-corrected chi connectivity index (χ2v) is 4.62. The Morgan fingerprint density at radius 2 is 1.94 bits per heavy atom. The minimum atomic E-state index is 0.352. The third-order valence-electron chi connectivity index (χ3n) is 2.66. The van der Waals surface area contributed by atoms with Crippen LogP contribution in [0.25, 0.3) is 10.8 Å². The van der Waals surface area contributed by atoms with E-state index in [4.69, 9.17) is 9.47 Å². The van der Waals surface area contributed by atoms with Crippen molar-refractivity contribution < 1.29 is 9.47 Å². The number of methoxy groups -OCH3 is 1. The molecule has 17 heavy (non-hydrogen) atoms. The standard InChI is InChI=1S/C14H15BrO2/c1-16-10-17-9-8-12-7-6-11-4-2-3-5-13(11)14(12)15/h2-7H,8-10H2,1H3. The molecule has 0 spiro atoms. The molecule has 0 aliphatic rings. The van der Waals surface area contributed by atoms with Gasteiger partial charge in [-0.3, -0.25) is 0 Å². The fourth-order valence-electron chi connectivity index (χ4n) is 1.80. The molecular weight excluding hydrogens is 280 g/mol. The zero-order valence-corrected chi connectivity index (χ0v) is 11.4. The molecule has 2 rings (SSSR count). The fraction of sp³-hybridized carbons (Fsp3) is 0.286. The van der Waals surface area contributed by atoms with Gasteiger partial charge in [-0.2, -0.15) is 0 Å². The van der Waals surface area contributed by atoms with E-state index in [1.54, 1.807) is 7.11 Å². The van der Waals surface area contributed by atoms with Gasteiger partial charge in [0.05, 0.1) is 6.61 Å². The summed E-state index contributed by atoms with van der Waals surface area (Å²) in [5.41, 5.74) is 1.26. The van der Waals surface area contributed by atoms with Gasteiger partial charge in [0.2, 0.25) is 0 Å². The first kappa shape index (κ1) is 12.6. The van der Waals surface area contributed by atoms with Crippen LogP contribution in [-0.2, 0) is 15.9 Å². The first-order valence-corrected chi connectivity index (χ1v) is 6.35. The summed E-state index contributed by atoms with van der Waals surface area (Å²) >= 11 is 3.66. The first-order valence-electron chi connectivity index (χ1n) is 5.55. The Morgan fingerprint density at radius 3 is 2.76 bits per heavy atom. The van der Waals surface area contributed by atoms with Crippen molar-refractivity contribution in [3.8, 4) is 0 Å². The lowest BCUT2D eigenvalue weighted by Crippen LogP contribution is -2.02. The van der Waals surface area contributed by atoms with Gasteiger partial charge >= 0.3 is 0 Å². The highest BCUT2D eigenvalue weighted by Crippen LogP contribution is 2.27.